The molecule has 2 N–H and O–H groups in total. The zero-order chi connectivity index (χ0) is 14.3. The van der Waals surface area contributed by atoms with Gasteiger partial charge >= 0.3 is 5.97 Å². The van der Waals surface area contributed by atoms with Crippen LogP contribution in [-0.4, -0.2) is 20.7 Å². The molecule has 1 fully saturated rings. The number of aromatic carboxylic acids is 1. The lowest BCUT2D eigenvalue weighted by atomic mass is 10.1. The minimum atomic E-state index is -1.38. The van der Waals surface area contributed by atoms with Crippen molar-refractivity contribution in [3.8, 4) is 5.75 Å². The van der Waals surface area contributed by atoms with Crippen LogP contribution in [0.5, 0.6) is 5.75 Å². The van der Waals surface area contributed by atoms with Crippen LogP contribution in [0.2, 0.25) is 0 Å². The number of hydrogen-bond acceptors (Lipinski definition) is 3. The second kappa shape index (κ2) is 4.67. The third-order valence-corrected chi connectivity index (χ3v) is 3.99. The largest absolute Gasteiger partial charge is 0.506 e. The summed E-state index contributed by atoms with van der Waals surface area (Å²) in [5, 5.41) is 19.7. The van der Waals surface area contributed by atoms with Crippen molar-refractivity contribution in [3.05, 3.63) is 40.2 Å². The molecule has 0 saturated heterocycles. The number of nitrogens with zero attached hydrogens (tertiary/aromatic N) is 1. The second-order valence-electron chi connectivity index (χ2n) is 5.16. The van der Waals surface area contributed by atoms with Gasteiger partial charge in [-0.3, -0.25) is 4.79 Å². The summed E-state index contributed by atoms with van der Waals surface area (Å²) in [5.74, 6) is -1.82. The van der Waals surface area contributed by atoms with Crippen LogP contribution in [0.1, 0.15) is 42.1 Å². The zero-order valence-electron chi connectivity index (χ0n) is 10.9. The summed E-state index contributed by atoms with van der Waals surface area (Å²) >= 11 is 0. The molecule has 0 amide bonds. The van der Waals surface area contributed by atoms with E-state index in [0.29, 0.717) is 10.9 Å². The molecule has 104 valence electrons. The van der Waals surface area contributed by atoms with Crippen LogP contribution in [0.25, 0.3) is 10.9 Å². The Hall–Kier alpha value is -2.30. The zero-order valence-corrected chi connectivity index (χ0v) is 10.9. The first-order valence-electron chi connectivity index (χ1n) is 6.70. The fraction of sp³-hybridized carbons (Fsp3) is 0.333. The van der Waals surface area contributed by atoms with E-state index < -0.39 is 22.8 Å². The molecular formula is C15H15NO4. The lowest BCUT2D eigenvalue weighted by Crippen LogP contribution is -2.29. The van der Waals surface area contributed by atoms with Gasteiger partial charge in [0, 0.05) is 11.4 Å². The molecule has 1 aromatic carbocycles. The molecule has 0 spiro atoms. The van der Waals surface area contributed by atoms with Gasteiger partial charge in [0.2, 0.25) is 0 Å². The van der Waals surface area contributed by atoms with Crippen molar-refractivity contribution < 1.29 is 15.0 Å². The first-order chi connectivity index (χ1) is 9.61. The van der Waals surface area contributed by atoms with Crippen LogP contribution in [-0.2, 0) is 0 Å². The van der Waals surface area contributed by atoms with Crippen LogP contribution in [0.15, 0.2) is 29.1 Å². The topological polar surface area (TPSA) is 79.5 Å². The molecule has 1 heterocycles. The number of carboxylic acid groups (broad SMARTS) is 1. The van der Waals surface area contributed by atoms with Crippen LogP contribution in [0, 0.1) is 0 Å². The number of fused-ring (bicyclic) bond motifs is 1. The van der Waals surface area contributed by atoms with Gasteiger partial charge in [0.05, 0.1) is 5.52 Å². The molecule has 1 aromatic heterocycles. The summed E-state index contributed by atoms with van der Waals surface area (Å²) in [6, 6.07) is 6.92. The van der Waals surface area contributed by atoms with E-state index in [-0.39, 0.29) is 6.04 Å². The highest BCUT2D eigenvalue weighted by Gasteiger charge is 2.26. The fourth-order valence-electron chi connectivity index (χ4n) is 3.07. The first-order valence-corrected chi connectivity index (χ1v) is 6.70. The molecular weight excluding hydrogens is 258 g/mol. The monoisotopic (exact) mass is 273 g/mol. The van der Waals surface area contributed by atoms with Crippen molar-refractivity contribution in [1.29, 1.82) is 0 Å². The van der Waals surface area contributed by atoms with E-state index in [4.69, 9.17) is 0 Å². The molecule has 0 atom stereocenters. The molecule has 3 rings (SSSR count). The molecule has 0 radical (unpaired) electrons. The summed E-state index contributed by atoms with van der Waals surface area (Å²) < 4.78 is 1.55. The molecule has 5 heteroatoms. The van der Waals surface area contributed by atoms with E-state index in [1.165, 1.54) is 0 Å². The average Bonchev–Trinajstić information content (AvgIpc) is 2.92. The number of rotatable bonds is 2. The van der Waals surface area contributed by atoms with E-state index >= 15 is 0 Å². The van der Waals surface area contributed by atoms with Crippen molar-refractivity contribution in [2.45, 2.75) is 31.7 Å². The summed E-state index contributed by atoms with van der Waals surface area (Å²) in [5.41, 5.74) is -0.539. The van der Waals surface area contributed by atoms with Crippen molar-refractivity contribution >= 4 is 16.9 Å². The Labute approximate surface area is 115 Å². The smallest absolute Gasteiger partial charge is 0.345 e. The van der Waals surface area contributed by atoms with Gasteiger partial charge in [-0.05, 0) is 25.0 Å². The van der Waals surface area contributed by atoms with E-state index in [2.05, 4.69) is 0 Å². The normalized spacial score (nSPS) is 15.8. The van der Waals surface area contributed by atoms with Crippen molar-refractivity contribution in [3.63, 3.8) is 0 Å². The van der Waals surface area contributed by atoms with Gasteiger partial charge in [0.15, 0.2) is 5.56 Å². The lowest BCUT2D eigenvalue weighted by Gasteiger charge is -2.18. The third-order valence-electron chi connectivity index (χ3n) is 3.99. The van der Waals surface area contributed by atoms with Crippen LogP contribution >= 0.6 is 0 Å². The highest BCUT2D eigenvalue weighted by molar-refractivity contribution is 5.98. The van der Waals surface area contributed by atoms with Gasteiger partial charge < -0.3 is 14.8 Å². The van der Waals surface area contributed by atoms with E-state index in [1.54, 1.807) is 28.8 Å². The molecule has 5 nitrogen and oxygen atoms in total. The maximum atomic E-state index is 12.5. The second-order valence-corrected chi connectivity index (χ2v) is 5.16. The predicted octanol–water partition coefficient (Wildman–Crippen LogP) is 2.52. The quantitative estimate of drug-likeness (QED) is 0.881. The maximum absolute atomic E-state index is 12.5. The summed E-state index contributed by atoms with van der Waals surface area (Å²) in [6.07, 6.45) is 3.81. The third kappa shape index (κ3) is 1.78. The number of hydrogen-bond donors (Lipinski definition) is 2. The number of benzene rings is 1. The van der Waals surface area contributed by atoms with E-state index in [9.17, 15) is 19.8 Å². The lowest BCUT2D eigenvalue weighted by molar-refractivity contribution is 0.0691. The number of para-hydroxylation sites is 1. The Balaban J connectivity index is 2.42. The molecule has 0 bridgehead atoms. The van der Waals surface area contributed by atoms with Gasteiger partial charge in [-0.2, -0.15) is 0 Å². The average molecular weight is 273 g/mol. The van der Waals surface area contributed by atoms with Gasteiger partial charge in [0.1, 0.15) is 5.75 Å². The summed E-state index contributed by atoms with van der Waals surface area (Å²) in [7, 11) is 0. The predicted molar refractivity (Wildman–Crippen MR) is 74.3 cm³/mol. The van der Waals surface area contributed by atoms with Crippen LogP contribution in [0.4, 0.5) is 0 Å². The first kappa shape index (κ1) is 12.7. The molecule has 1 saturated carbocycles. The molecule has 1 aliphatic rings. The molecule has 2 aromatic rings. The molecule has 20 heavy (non-hydrogen) atoms. The fourth-order valence-corrected chi connectivity index (χ4v) is 3.07. The van der Waals surface area contributed by atoms with Gasteiger partial charge in [-0.1, -0.05) is 25.0 Å². The Morgan fingerprint density at radius 3 is 2.50 bits per heavy atom. The van der Waals surface area contributed by atoms with Crippen molar-refractivity contribution in [2.24, 2.45) is 0 Å². The summed E-state index contributed by atoms with van der Waals surface area (Å²) in [4.78, 5) is 23.7. The highest BCUT2D eigenvalue weighted by atomic mass is 16.4. The number of aromatic nitrogens is 1. The highest BCUT2D eigenvalue weighted by Crippen LogP contribution is 2.34. The van der Waals surface area contributed by atoms with Gasteiger partial charge in [0.25, 0.3) is 5.56 Å². The SMILES string of the molecule is O=C(O)c1c(O)c2ccccc2n(C2CCCC2)c1=O. The maximum Gasteiger partial charge on any atom is 0.345 e. The number of aromatic hydroxyl groups is 1. The number of pyridine rings is 1. The standard InChI is InChI=1S/C15H15NO4/c17-13-10-7-3-4-8-11(10)16(9-5-1-2-6-9)14(18)12(13)15(19)20/h3-4,7-9,17H,1-2,5-6H2,(H,19,20). The Morgan fingerprint density at radius 2 is 1.85 bits per heavy atom. The minimum absolute atomic E-state index is 0.0195. The van der Waals surface area contributed by atoms with Crippen molar-refractivity contribution in [2.75, 3.05) is 0 Å². The Kier molecular flexibility index (Phi) is 2.97. The Bertz CT molecular complexity index is 741. The van der Waals surface area contributed by atoms with Crippen LogP contribution < -0.4 is 5.56 Å². The summed E-state index contributed by atoms with van der Waals surface area (Å²) in [6.45, 7) is 0. The molecule has 0 aliphatic heterocycles. The van der Waals surface area contributed by atoms with Crippen molar-refractivity contribution in [1.82, 2.24) is 4.57 Å². The van der Waals surface area contributed by atoms with E-state index in [1.807, 2.05) is 0 Å². The molecule has 1 aliphatic carbocycles. The number of carboxylic acids is 1. The van der Waals surface area contributed by atoms with Gasteiger partial charge in [-0.25, -0.2) is 4.79 Å². The molecule has 0 unspecified atom stereocenters. The van der Waals surface area contributed by atoms with E-state index in [0.717, 1.165) is 25.7 Å². The van der Waals surface area contributed by atoms with Gasteiger partial charge in [-0.15, -0.1) is 0 Å². The number of carbonyl (C=O) groups is 1. The minimum Gasteiger partial charge on any atom is -0.506 e. The van der Waals surface area contributed by atoms with Crippen LogP contribution in [0.3, 0.4) is 0 Å². The Morgan fingerprint density at radius 1 is 1.20 bits per heavy atom.